The largest absolute Gasteiger partial charge is 0.396 e. The van der Waals surface area contributed by atoms with Crippen molar-refractivity contribution >= 4 is 28.8 Å². The zero-order chi connectivity index (χ0) is 9.97. The predicted molar refractivity (Wildman–Crippen MR) is 57.0 cm³/mol. The van der Waals surface area contributed by atoms with Crippen LogP contribution in [0.1, 0.15) is 0 Å². The van der Waals surface area contributed by atoms with E-state index in [9.17, 15) is 4.39 Å². The number of nitrogen functional groups attached to an aromatic ring is 1. The van der Waals surface area contributed by atoms with Gasteiger partial charge in [0.05, 0.1) is 16.1 Å². The molecule has 2 aromatic heterocycles. The average Bonchev–Trinajstić information content (AvgIpc) is 2.62. The molecule has 2 nitrogen and oxygen atoms in total. The second kappa shape index (κ2) is 3.98. The van der Waals surface area contributed by atoms with Crippen molar-refractivity contribution in [3.05, 3.63) is 35.6 Å². The number of halogens is 1. The van der Waals surface area contributed by atoms with Gasteiger partial charge in [-0.2, -0.15) is 0 Å². The van der Waals surface area contributed by atoms with Gasteiger partial charge in [0.1, 0.15) is 10.8 Å². The molecule has 0 aliphatic carbocycles. The van der Waals surface area contributed by atoms with Crippen molar-refractivity contribution in [1.29, 1.82) is 0 Å². The van der Waals surface area contributed by atoms with Crippen molar-refractivity contribution < 1.29 is 4.39 Å². The molecule has 2 N–H and O–H groups in total. The molecule has 0 spiro atoms. The molecule has 0 bridgehead atoms. The molecule has 0 fully saturated rings. The Balaban J connectivity index is 2.25. The first-order valence-electron chi connectivity index (χ1n) is 3.88. The van der Waals surface area contributed by atoms with E-state index in [0.29, 0.717) is 10.7 Å². The van der Waals surface area contributed by atoms with Crippen molar-refractivity contribution in [2.75, 3.05) is 5.73 Å². The van der Waals surface area contributed by atoms with E-state index in [2.05, 4.69) is 4.98 Å². The standard InChI is InChI=1S/C9H7FN2S2/c10-6-4-7(11)9(12-5-6)14-8-2-1-3-13-8/h1-5H,11H2. The summed E-state index contributed by atoms with van der Waals surface area (Å²) in [5.74, 6) is -0.405. The molecule has 14 heavy (non-hydrogen) atoms. The number of hydrogen-bond acceptors (Lipinski definition) is 4. The molecule has 72 valence electrons. The number of nitrogens with zero attached hydrogens (tertiary/aromatic N) is 1. The van der Waals surface area contributed by atoms with Crippen LogP contribution in [0.25, 0.3) is 0 Å². The summed E-state index contributed by atoms with van der Waals surface area (Å²) < 4.78 is 13.8. The minimum Gasteiger partial charge on any atom is -0.396 e. The van der Waals surface area contributed by atoms with Crippen LogP contribution in [-0.2, 0) is 0 Å². The van der Waals surface area contributed by atoms with Gasteiger partial charge in [0.15, 0.2) is 0 Å². The second-order valence-electron chi connectivity index (χ2n) is 2.58. The summed E-state index contributed by atoms with van der Waals surface area (Å²) in [6.45, 7) is 0. The van der Waals surface area contributed by atoms with E-state index in [1.165, 1.54) is 24.0 Å². The number of rotatable bonds is 2. The minimum atomic E-state index is -0.405. The number of thiophene rings is 1. The summed E-state index contributed by atoms with van der Waals surface area (Å²) in [6, 6.07) is 5.20. The summed E-state index contributed by atoms with van der Waals surface area (Å²) in [4.78, 5) is 3.92. The van der Waals surface area contributed by atoms with E-state index >= 15 is 0 Å². The fourth-order valence-electron chi connectivity index (χ4n) is 0.945. The molecule has 0 saturated carbocycles. The zero-order valence-corrected chi connectivity index (χ0v) is 8.74. The molecule has 0 unspecified atom stereocenters. The van der Waals surface area contributed by atoms with Crippen molar-refractivity contribution in [3.63, 3.8) is 0 Å². The summed E-state index contributed by atoms with van der Waals surface area (Å²) in [7, 11) is 0. The first-order valence-corrected chi connectivity index (χ1v) is 5.58. The lowest BCUT2D eigenvalue weighted by Crippen LogP contribution is -1.92. The Morgan fingerprint density at radius 1 is 1.50 bits per heavy atom. The fourth-order valence-corrected chi connectivity index (χ4v) is 2.61. The predicted octanol–water partition coefficient (Wildman–Crippen LogP) is 3.02. The van der Waals surface area contributed by atoms with Crippen LogP contribution < -0.4 is 5.73 Å². The van der Waals surface area contributed by atoms with Crippen molar-refractivity contribution in [2.24, 2.45) is 0 Å². The Morgan fingerprint density at radius 2 is 2.36 bits per heavy atom. The Morgan fingerprint density at radius 3 is 3.00 bits per heavy atom. The first kappa shape index (κ1) is 9.48. The van der Waals surface area contributed by atoms with E-state index in [-0.39, 0.29) is 0 Å². The van der Waals surface area contributed by atoms with Crippen LogP contribution in [-0.4, -0.2) is 4.98 Å². The van der Waals surface area contributed by atoms with Gasteiger partial charge >= 0.3 is 0 Å². The Hall–Kier alpha value is -1.07. The molecule has 0 aromatic carbocycles. The van der Waals surface area contributed by atoms with Crippen molar-refractivity contribution in [2.45, 2.75) is 9.24 Å². The normalized spacial score (nSPS) is 10.4. The van der Waals surface area contributed by atoms with Crippen LogP contribution in [0, 0.1) is 5.82 Å². The van der Waals surface area contributed by atoms with Crippen molar-refractivity contribution in [3.8, 4) is 0 Å². The molecule has 0 aliphatic heterocycles. The van der Waals surface area contributed by atoms with Crippen LogP contribution in [0.15, 0.2) is 39.0 Å². The molecule has 0 amide bonds. The lowest BCUT2D eigenvalue weighted by molar-refractivity contribution is 0.619. The molecule has 2 heterocycles. The van der Waals surface area contributed by atoms with Gasteiger partial charge in [0, 0.05) is 6.07 Å². The van der Waals surface area contributed by atoms with Crippen LogP contribution in [0.3, 0.4) is 0 Å². The topological polar surface area (TPSA) is 38.9 Å². The number of aromatic nitrogens is 1. The quantitative estimate of drug-likeness (QED) is 0.855. The summed E-state index contributed by atoms with van der Waals surface area (Å²) >= 11 is 3.05. The summed E-state index contributed by atoms with van der Waals surface area (Å²) in [5.41, 5.74) is 6.00. The van der Waals surface area contributed by atoms with E-state index < -0.39 is 5.82 Å². The molecule has 0 radical (unpaired) electrons. The molecule has 0 atom stereocenters. The Labute approximate surface area is 89.0 Å². The van der Waals surface area contributed by atoms with E-state index in [4.69, 9.17) is 5.73 Å². The third-order valence-electron chi connectivity index (χ3n) is 1.54. The highest BCUT2D eigenvalue weighted by molar-refractivity contribution is 8.01. The molecule has 0 aliphatic rings. The molecule has 0 saturated heterocycles. The van der Waals surface area contributed by atoms with E-state index in [1.807, 2.05) is 17.5 Å². The number of nitrogens with two attached hydrogens (primary N) is 1. The summed E-state index contributed by atoms with van der Waals surface area (Å²) in [5, 5.41) is 2.62. The van der Waals surface area contributed by atoms with Gasteiger partial charge in [0.2, 0.25) is 0 Å². The summed E-state index contributed by atoms with van der Waals surface area (Å²) in [6.07, 6.45) is 1.17. The van der Waals surface area contributed by atoms with Crippen LogP contribution >= 0.6 is 23.1 Å². The lowest BCUT2D eigenvalue weighted by Gasteiger charge is -2.01. The zero-order valence-electron chi connectivity index (χ0n) is 7.11. The van der Waals surface area contributed by atoms with Crippen LogP contribution in [0.2, 0.25) is 0 Å². The van der Waals surface area contributed by atoms with Gasteiger partial charge < -0.3 is 5.73 Å². The molecule has 5 heteroatoms. The Bertz CT molecular complexity index is 428. The van der Waals surface area contributed by atoms with E-state index in [0.717, 1.165) is 4.21 Å². The molecular formula is C9H7FN2S2. The third-order valence-corrected chi connectivity index (χ3v) is 3.61. The number of pyridine rings is 1. The van der Waals surface area contributed by atoms with E-state index in [1.54, 1.807) is 11.3 Å². The van der Waals surface area contributed by atoms with Crippen molar-refractivity contribution in [1.82, 2.24) is 4.98 Å². The third kappa shape index (κ3) is 2.05. The highest BCUT2D eigenvalue weighted by Gasteiger charge is 2.05. The number of hydrogen-bond donors (Lipinski definition) is 1. The molecular weight excluding hydrogens is 219 g/mol. The average molecular weight is 226 g/mol. The van der Waals surface area contributed by atoms with Gasteiger partial charge in [-0.1, -0.05) is 17.8 Å². The van der Waals surface area contributed by atoms with Gasteiger partial charge in [-0.25, -0.2) is 9.37 Å². The number of anilines is 1. The SMILES string of the molecule is Nc1cc(F)cnc1Sc1cccs1. The van der Waals surface area contributed by atoms with Gasteiger partial charge in [-0.15, -0.1) is 11.3 Å². The maximum absolute atomic E-state index is 12.7. The fraction of sp³-hybridized carbons (Fsp3) is 0. The Kier molecular flexibility index (Phi) is 2.69. The van der Waals surface area contributed by atoms with Crippen LogP contribution in [0.5, 0.6) is 0 Å². The molecule has 2 rings (SSSR count). The van der Waals surface area contributed by atoms with Gasteiger partial charge in [-0.3, -0.25) is 0 Å². The monoisotopic (exact) mass is 226 g/mol. The lowest BCUT2D eigenvalue weighted by atomic mass is 10.4. The maximum atomic E-state index is 12.7. The minimum absolute atomic E-state index is 0.378. The van der Waals surface area contributed by atoms with Crippen LogP contribution in [0.4, 0.5) is 10.1 Å². The second-order valence-corrected chi connectivity index (χ2v) is 4.82. The first-order chi connectivity index (χ1) is 6.75. The van der Waals surface area contributed by atoms with Gasteiger partial charge in [0.25, 0.3) is 0 Å². The maximum Gasteiger partial charge on any atom is 0.143 e. The molecule has 2 aromatic rings. The highest BCUT2D eigenvalue weighted by atomic mass is 32.2. The smallest absolute Gasteiger partial charge is 0.143 e. The van der Waals surface area contributed by atoms with Gasteiger partial charge in [-0.05, 0) is 11.4 Å². The highest BCUT2D eigenvalue weighted by Crippen LogP contribution is 2.33.